The number of nitriles is 1. The minimum atomic E-state index is -0.782. The van der Waals surface area contributed by atoms with Crippen molar-refractivity contribution in [3.8, 4) is 17.7 Å². The summed E-state index contributed by atoms with van der Waals surface area (Å²) in [6, 6.07) is 1.86. The van der Waals surface area contributed by atoms with Crippen molar-refractivity contribution in [2.24, 2.45) is 0 Å². The molecule has 82 valence electrons. The van der Waals surface area contributed by atoms with Gasteiger partial charge in [-0.05, 0) is 0 Å². The molecule has 0 amide bonds. The zero-order valence-electron chi connectivity index (χ0n) is 8.29. The largest absolute Gasteiger partial charge is 0.392 e. The zero-order chi connectivity index (χ0) is 11.4. The van der Waals surface area contributed by atoms with Crippen molar-refractivity contribution >= 4 is 0 Å². The predicted octanol–water partition coefficient (Wildman–Crippen LogP) is 0.277. The van der Waals surface area contributed by atoms with E-state index in [9.17, 15) is 5.11 Å². The van der Waals surface area contributed by atoms with Gasteiger partial charge in [0.25, 0.3) is 0 Å². The van der Waals surface area contributed by atoms with Crippen LogP contribution in [0.1, 0.15) is 12.3 Å². The van der Waals surface area contributed by atoms with E-state index in [1.54, 1.807) is 12.4 Å². The fourth-order valence-corrected chi connectivity index (χ4v) is 1.20. The van der Waals surface area contributed by atoms with Gasteiger partial charge >= 0.3 is 0 Å². The molecule has 0 aliphatic heterocycles. The summed E-state index contributed by atoms with van der Waals surface area (Å²) in [4.78, 5) is 10.8. The second kappa shape index (κ2) is 4.55. The van der Waals surface area contributed by atoms with E-state index in [0.717, 1.165) is 0 Å². The molecule has 0 fully saturated rings. The van der Waals surface area contributed by atoms with Gasteiger partial charge in [-0.3, -0.25) is 0 Å². The van der Waals surface area contributed by atoms with E-state index in [-0.39, 0.29) is 18.7 Å². The van der Waals surface area contributed by atoms with Gasteiger partial charge in [-0.2, -0.15) is 10.2 Å². The molecule has 0 aliphatic rings. The van der Waals surface area contributed by atoms with Crippen LogP contribution in [0.15, 0.2) is 16.9 Å². The topological polar surface area (TPSA) is 112 Å². The fraction of sp³-hybridized carbons (Fsp3) is 0.333. The maximum atomic E-state index is 9.37. The minimum absolute atomic E-state index is 0.0401. The highest BCUT2D eigenvalue weighted by molar-refractivity contribution is 5.40. The molecule has 7 heteroatoms. The first kappa shape index (κ1) is 10.3. The molecule has 0 bridgehead atoms. The zero-order valence-corrected chi connectivity index (χ0v) is 8.29. The van der Waals surface area contributed by atoms with Crippen LogP contribution in [0.2, 0.25) is 0 Å². The van der Waals surface area contributed by atoms with Gasteiger partial charge in [-0.1, -0.05) is 5.16 Å². The summed E-state index contributed by atoms with van der Waals surface area (Å²) >= 11 is 0. The van der Waals surface area contributed by atoms with E-state index in [1.807, 2.05) is 6.07 Å². The van der Waals surface area contributed by atoms with Gasteiger partial charge < -0.3 is 14.6 Å². The summed E-state index contributed by atoms with van der Waals surface area (Å²) in [6.45, 7) is 0. The highest BCUT2D eigenvalue weighted by Gasteiger charge is 2.13. The van der Waals surface area contributed by atoms with Crippen LogP contribution in [0.4, 0.5) is 0 Å². The first-order chi connectivity index (χ1) is 7.79. The Bertz CT molecular complexity index is 484. The van der Waals surface area contributed by atoms with Crippen molar-refractivity contribution < 1.29 is 9.63 Å². The van der Waals surface area contributed by atoms with Gasteiger partial charge in [0.1, 0.15) is 0 Å². The number of rotatable bonds is 4. The number of H-pyrrole nitrogens is 1. The maximum Gasteiger partial charge on any atom is 0.238 e. The molecule has 0 spiro atoms. The monoisotopic (exact) mass is 219 g/mol. The first-order valence-electron chi connectivity index (χ1n) is 4.67. The summed E-state index contributed by atoms with van der Waals surface area (Å²) in [5.74, 6) is 1.13. The smallest absolute Gasteiger partial charge is 0.238 e. The average Bonchev–Trinajstić information content (AvgIpc) is 2.86. The fourth-order valence-electron chi connectivity index (χ4n) is 1.20. The van der Waals surface area contributed by atoms with Gasteiger partial charge in [0.2, 0.25) is 11.7 Å². The van der Waals surface area contributed by atoms with Gasteiger partial charge in [0.15, 0.2) is 5.82 Å². The molecule has 2 aromatic rings. The molecule has 0 radical (unpaired) electrons. The lowest BCUT2D eigenvalue weighted by Crippen LogP contribution is -2.09. The number of imidazole rings is 1. The van der Waals surface area contributed by atoms with Crippen molar-refractivity contribution in [1.29, 1.82) is 5.26 Å². The Kier molecular flexibility index (Phi) is 2.93. The summed E-state index contributed by atoms with van der Waals surface area (Å²) in [5, 5.41) is 21.4. The summed E-state index contributed by atoms with van der Waals surface area (Å²) < 4.78 is 4.91. The molecule has 0 aromatic carbocycles. The molecule has 1 unspecified atom stereocenters. The molecule has 16 heavy (non-hydrogen) atoms. The molecule has 2 heterocycles. The third-order valence-electron chi connectivity index (χ3n) is 1.92. The van der Waals surface area contributed by atoms with Crippen LogP contribution >= 0.6 is 0 Å². The van der Waals surface area contributed by atoms with E-state index in [2.05, 4.69) is 20.1 Å². The molecule has 0 saturated carbocycles. The van der Waals surface area contributed by atoms with Crippen LogP contribution in [0.5, 0.6) is 0 Å². The van der Waals surface area contributed by atoms with Crippen molar-refractivity contribution in [3.63, 3.8) is 0 Å². The van der Waals surface area contributed by atoms with E-state index >= 15 is 0 Å². The molecule has 0 saturated heterocycles. The van der Waals surface area contributed by atoms with Gasteiger partial charge in [0, 0.05) is 12.4 Å². The lowest BCUT2D eigenvalue weighted by atomic mass is 10.2. The third-order valence-corrected chi connectivity index (χ3v) is 1.92. The minimum Gasteiger partial charge on any atom is -0.392 e. The molecule has 2 aromatic heterocycles. The number of hydrogen-bond acceptors (Lipinski definition) is 6. The van der Waals surface area contributed by atoms with Crippen LogP contribution in [0.25, 0.3) is 11.6 Å². The summed E-state index contributed by atoms with van der Waals surface area (Å²) in [5.41, 5.74) is 0. The van der Waals surface area contributed by atoms with E-state index in [1.165, 1.54) is 0 Å². The summed E-state index contributed by atoms with van der Waals surface area (Å²) in [6.07, 6.45) is 2.65. The van der Waals surface area contributed by atoms with E-state index < -0.39 is 6.10 Å². The number of aliphatic hydroxyl groups excluding tert-OH is 1. The van der Waals surface area contributed by atoms with Gasteiger partial charge in [-0.15, -0.1) is 0 Å². The number of aromatic nitrogens is 4. The molecule has 1 atom stereocenters. The Morgan fingerprint density at radius 2 is 2.50 bits per heavy atom. The highest BCUT2D eigenvalue weighted by atomic mass is 16.5. The number of hydrogen-bond donors (Lipinski definition) is 2. The third kappa shape index (κ3) is 2.24. The van der Waals surface area contributed by atoms with Crippen molar-refractivity contribution in [2.75, 3.05) is 0 Å². The maximum absolute atomic E-state index is 9.37. The quantitative estimate of drug-likeness (QED) is 0.763. The Hall–Kier alpha value is -2.20. The predicted molar refractivity (Wildman–Crippen MR) is 51.8 cm³/mol. The van der Waals surface area contributed by atoms with Gasteiger partial charge in [0.05, 0.1) is 25.0 Å². The molecule has 2 N–H and O–H groups in total. The van der Waals surface area contributed by atoms with Crippen LogP contribution in [-0.4, -0.2) is 31.3 Å². The average molecular weight is 219 g/mol. The summed E-state index contributed by atoms with van der Waals surface area (Å²) in [7, 11) is 0. The van der Waals surface area contributed by atoms with E-state index in [4.69, 9.17) is 9.78 Å². The van der Waals surface area contributed by atoms with Crippen molar-refractivity contribution in [3.05, 3.63) is 18.3 Å². The number of nitrogens with one attached hydrogen (secondary N) is 1. The van der Waals surface area contributed by atoms with Crippen molar-refractivity contribution in [1.82, 2.24) is 20.1 Å². The van der Waals surface area contributed by atoms with Crippen LogP contribution in [-0.2, 0) is 6.42 Å². The lowest BCUT2D eigenvalue weighted by Gasteiger charge is -1.99. The lowest BCUT2D eigenvalue weighted by molar-refractivity contribution is 0.167. The number of aromatic amines is 1. The number of nitrogens with zero attached hydrogens (tertiary/aromatic N) is 4. The first-order valence-corrected chi connectivity index (χ1v) is 4.67. The number of aliphatic hydroxyl groups is 1. The Labute approximate surface area is 90.7 Å². The Morgan fingerprint density at radius 3 is 3.19 bits per heavy atom. The Balaban J connectivity index is 2.06. The van der Waals surface area contributed by atoms with Crippen LogP contribution < -0.4 is 0 Å². The molecule has 2 rings (SSSR count). The second-order valence-electron chi connectivity index (χ2n) is 3.17. The standard InChI is InChI=1S/C9H9N5O2/c10-2-1-6(15)5-7-13-9(14-16-7)8-11-3-4-12-8/h3-4,6,15H,1,5H2,(H,11,12). The normalized spacial score (nSPS) is 12.2. The van der Waals surface area contributed by atoms with Crippen LogP contribution in [0, 0.1) is 11.3 Å². The van der Waals surface area contributed by atoms with E-state index in [0.29, 0.717) is 11.6 Å². The SMILES string of the molecule is N#CCC(O)Cc1nc(-c2ncc[nH]2)no1. The van der Waals surface area contributed by atoms with Crippen molar-refractivity contribution in [2.45, 2.75) is 18.9 Å². The second-order valence-corrected chi connectivity index (χ2v) is 3.17. The molecular weight excluding hydrogens is 210 g/mol. The molecule has 7 nitrogen and oxygen atoms in total. The molecule has 0 aliphatic carbocycles. The highest BCUT2D eigenvalue weighted by Crippen LogP contribution is 2.11. The van der Waals surface area contributed by atoms with Crippen LogP contribution in [0.3, 0.4) is 0 Å². The molecular formula is C9H9N5O2. The van der Waals surface area contributed by atoms with Gasteiger partial charge in [-0.25, -0.2) is 4.98 Å². The Morgan fingerprint density at radius 1 is 1.62 bits per heavy atom.